The highest BCUT2D eigenvalue weighted by Gasteiger charge is 2.28. The van der Waals surface area contributed by atoms with Crippen molar-refractivity contribution in [2.45, 2.75) is 65.8 Å². The first-order chi connectivity index (χ1) is 16.5. The lowest BCUT2D eigenvalue weighted by Crippen LogP contribution is -2.16. The topological polar surface area (TPSA) is 78.3 Å². The van der Waals surface area contributed by atoms with Gasteiger partial charge in [-0.2, -0.15) is 13.5 Å². The van der Waals surface area contributed by atoms with E-state index >= 15 is 0 Å². The van der Waals surface area contributed by atoms with Crippen LogP contribution >= 0.6 is 11.6 Å². The number of aryl methyl sites for hydroxylation is 2. The van der Waals surface area contributed by atoms with E-state index in [1.165, 1.54) is 23.0 Å². The van der Waals surface area contributed by atoms with Crippen molar-refractivity contribution in [3.8, 4) is 5.88 Å². The molecule has 0 unspecified atom stereocenters. The molecule has 1 aromatic heterocycles. The normalized spacial score (nSPS) is 11.4. The van der Waals surface area contributed by atoms with Gasteiger partial charge in [-0.05, 0) is 82.0 Å². The van der Waals surface area contributed by atoms with E-state index in [2.05, 4.69) is 5.10 Å². The first kappa shape index (κ1) is 26.7. The number of hydrogen-bond acceptors (Lipinski definition) is 5. The van der Waals surface area contributed by atoms with E-state index in [0.29, 0.717) is 17.1 Å². The van der Waals surface area contributed by atoms with Crippen LogP contribution in [0.15, 0.2) is 53.1 Å². The number of carbonyl (C=O) groups is 1. The van der Waals surface area contributed by atoms with Gasteiger partial charge in [0.2, 0.25) is 5.88 Å². The molecule has 0 aliphatic rings. The number of halogens is 1. The number of benzene rings is 2. The molecule has 2 aromatic carbocycles. The summed E-state index contributed by atoms with van der Waals surface area (Å²) in [5.41, 5.74) is 5.01. The van der Waals surface area contributed by atoms with Crippen molar-refractivity contribution < 1.29 is 17.4 Å². The molecular weight excluding hydrogens is 484 g/mol. The molecule has 35 heavy (non-hydrogen) atoms. The second-order valence-corrected chi connectivity index (χ2v) is 10.8. The molecule has 0 aliphatic carbocycles. The zero-order valence-electron chi connectivity index (χ0n) is 21.0. The van der Waals surface area contributed by atoms with Gasteiger partial charge < -0.3 is 4.18 Å². The number of aromatic nitrogens is 2. The Morgan fingerprint density at radius 1 is 1.03 bits per heavy atom. The van der Waals surface area contributed by atoms with Crippen molar-refractivity contribution in [3.63, 3.8) is 0 Å². The smallest absolute Gasteiger partial charge is 0.340 e. The summed E-state index contributed by atoms with van der Waals surface area (Å²) in [5.74, 6) is -0.460. The maximum Gasteiger partial charge on any atom is 0.340 e. The Kier molecular flexibility index (Phi) is 8.23. The average Bonchev–Trinajstić information content (AvgIpc) is 3.19. The molecule has 0 fully saturated rings. The van der Waals surface area contributed by atoms with E-state index < -0.39 is 10.1 Å². The minimum Gasteiger partial charge on any atom is -0.358 e. The van der Waals surface area contributed by atoms with Gasteiger partial charge in [0.05, 0.1) is 6.20 Å². The second kappa shape index (κ2) is 10.8. The largest absolute Gasteiger partial charge is 0.358 e. The van der Waals surface area contributed by atoms with Crippen molar-refractivity contribution in [2.75, 3.05) is 0 Å². The molecule has 0 spiro atoms. The lowest BCUT2D eigenvalue weighted by atomic mass is 9.92. The standard InChI is InChI=1S/C27H31ClN2O4S/c1-7-8-15-30-27(34-35(32,33)21-11-9-18(4)10-12-21)23(16-29-30)26(31)22-13-14-24(28)25(20(22)6)19(5)17(2)3/h9-14,16H,7-8,15H2,1-6H3. The summed E-state index contributed by atoms with van der Waals surface area (Å²) in [6.45, 7) is 12.1. The Hall–Kier alpha value is -2.90. The van der Waals surface area contributed by atoms with Crippen molar-refractivity contribution in [1.29, 1.82) is 0 Å². The molecule has 0 saturated carbocycles. The number of hydrogen-bond donors (Lipinski definition) is 0. The van der Waals surface area contributed by atoms with Crippen LogP contribution in [0.4, 0.5) is 0 Å². The van der Waals surface area contributed by atoms with Crippen molar-refractivity contribution in [1.82, 2.24) is 9.78 Å². The van der Waals surface area contributed by atoms with Gasteiger partial charge in [-0.1, -0.05) is 48.2 Å². The monoisotopic (exact) mass is 514 g/mol. The maximum atomic E-state index is 13.7. The van der Waals surface area contributed by atoms with Gasteiger partial charge >= 0.3 is 10.1 Å². The summed E-state index contributed by atoms with van der Waals surface area (Å²) >= 11 is 6.48. The van der Waals surface area contributed by atoms with Gasteiger partial charge in [-0.25, -0.2) is 4.68 Å². The fraction of sp³-hybridized carbons (Fsp3) is 0.333. The third-order valence-corrected chi connectivity index (χ3v) is 7.58. The van der Waals surface area contributed by atoms with Gasteiger partial charge in [0.25, 0.3) is 0 Å². The summed E-state index contributed by atoms with van der Waals surface area (Å²) in [5, 5.41) is 4.85. The first-order valence-corrected chi connectivity index (χ1v) is 13.3. The van der Waals surface area contributed by atoms with Crippen LogP contribution in [0.1, 0.15) is 73.1 Å². The van der Waals surface area contributed by atoms with E-state index in [1.54, 1.807) is 24.3 Å². The Balaban J connectivity index is 2.12. The van der Waals surface area contributed by atoms with E-state index in [4.69, 9.17) is 15.8 Å². The third kappa shape index (κ3) is 5.68. The van der Waals surface area contributed by atoms with Crippen LogP contribution in [0, 0.1) is 13.8 Å². The minimum atomic E-state index is -4.18. The number of ketones is 1. The van der Waals surface area contributed by atoms with E-state index in [1.807, 2.05) is 41.5 Å². The SMILES string of the molecule is CCCCn1ncc(C(=O)c2ccc(Cl)c(C(C)=C(C)C)c2C)c1OS(=O)(=O)c1ccc(C)cc1. The molecule has 0 amide bonds. The summed E-state index contributed by atoms with van der Waals surface area (Å²) in [4.78, 5) is 13.7. The highest BCUT2D eigenvalue weighted by molar-refractivity contribution is 7.87. The van der Waals surface area contributed by atoms with E-state index in [0.717, 1.165) is 40.7 Å². The van der Waals surface area contributed by atoms with Gasteiger partial charge in [0.15, 0.2) is 5.78 Å². The van der Waals surface area contributed by atoms with Crippen LogP contribution in [-0.2, 0) is 16.7 Å². The van der Waals surface area contributed by atoms with Crippen LogP contribution in [0.3, 0.4) is 0 Å². The number of rotatable bonds is 9. The van der Waals surface area contributed by atoms with Crippen molar-refractivity contribution in [3.05, 3.63) is 81.0 Å². The predicted molar refractivity (Wildman–Crippen MR) is 140 cm³/mol. The number of carbonyl (C=O) groups excluding carboxylic acids is 1. The summed E-state index contributed by atoms with van der Waals surface area (Å²) in [6.07, 6.45) is 2.99. The van der Waals surface area contributed by atoms with Crippen molar-refractivity contribution >= 4 is 33.1 Å². The lowest BCUT2D eigenvalue weighted by molar-refractivity contribution is 0.103. The number of nitrogens with zero attached hydrogens (tertiary/aromatic N) is 2. The molecule has 0 saturated heterocycles. The van der Waals surface area contributed by atoms with Crippen LogP contribution in [0.25, 0.3) is 5.57 Å². The predicted octanol–water partition coefficient (Wildman–Crippen LogP) is 6.77. The second-order valence-electron chi connectivity index (χ2n) is 8.84. The molecule has 0 aliphatic heterocycles. The molecule has 0 N–H and O–H groups in total. The molecule has 8 heteroatoms. The molecule has 0 bridgehead atoms. The number of unbranched alkanes of at least 4 members (excludes halogenated alkanes) is 1. The Labute approximate surface area is 212 Å². The number of allylic oxidation sites excluding steroid dienone is 2. The summed E-state index contributed by atoms with van der Waals surface area (Å²) in [7, 11) is -4.18. The minimum absolute atomic E-state index is 0.00823. The molecule has 186 valence electrons. The third-order valence-electron chi connectivity index (χ3n) is 6.04. The van der Waals surface area contributed by atoms with Crippen molar-refractivity contribution in [2.24, 2.45) is 0 Å². The van der Waals surface area contributed by atoms with Gasteiger partial charge in [-0.15, -0.1) is 0 Å². The first-order valence-electron chi connectivity index (χ1n) is 11.5. The van der Waals surface area contributed by atoms with E-state index in [-0.39, 0.29) is 22.1 Å². The molecule has 0 atom stereocenters. The molecular formula is C27H31ClN2O4S. The van der Waals surface area contributed by atoms with Crippen LogP contribution in [0.2, 0.25) is 5.02 Å². The molecule has 0 radical (unpaired) electrons. The lowest BCUT2D eigenvalue weighted by Gasteiger charge is -2.15. The highest BCUT2D eigenvalue weighted by Crippen LogP contribution is 2.34. The van der Waals surface area contributed by atoms with E-state index in [9.17, 15) is 13.2 Å². The Bertz CT molecular complexity index is 1380. The molecule has 6 nitrogen and oxygen atoms in total. The van der Waals surface area contributed by atoms with Gasteiger partial charge in [0.1, 0.15) is 10.5 Å². The highest BCUT2D eigenvalue weighted by atomic mass is 35.5. The zero-order valence-corrected chi connectivity index (χ0v) is 22.5. The Morgan fingerprint density at radius 2 is 1.69 bits per heavy atom. The fourth-order valence-corrected chi connectivity index (χ4v) is 5.02. The summed E-state index contributed by atoms with van der Waals surface area (Å²) in [6, 6.07) is 9.70. The van der Waals surface area contributed by atoms with Crippen LogP contribution in [0.5, 0.6) is 5.88 Å². The van der Waals surface area contributed by atoms with Gasteiger partial charge in [-0.3, -0.25) is 4.79 Å². The molecule has 3 aromatic rings. The quantitative estimate of drug-likeness (QED) is 0.232. The maximum absolute atomic E-state index is 13.7. The van der Waals surface area contributed by atoms with Crippen LogP contribution < -0.4 is 4.18 Å². The fourth-order valence-electron chi connectivity index (χ4n) is 3.72. The van der Waals surface area contributed by atoms with Crippen LogP contribution in [-0.4, -0.2) is 24.0 Å². The molecule has 1 heterocycles. The summed E-state index contributed by atoms with van der Waals surface area (Å²) < 4.78 is 33.2. The zero-order chi connectivity index (χ0) is 25.9. The van der Waals surface area contributed by atoms with Gasteiger partial charge in [0, 0.05) is 17.1 Å². The Morgan fingerprint density at radius 3 is 2.29 bits per heavy atom. The molecule has 3 rings (SSSR count). The average molecular weight is 515 g/mol.